The molecule has 21 heavy (non-hydrogen) atoms. The summed E-state index contributed by atoms with van der Waals surface area (Å²) >= 11 is 0. The lowest BCUT2D eigenvalue weighted by Gasteiger charge is -2.36. The molecule has 0 aromatic heterocycles. The summed E-state index contributed by atoms with van der Waals surface area (Å²) in [6.07, 6.45) is 3.21. The van der Waals surface area contributed by atoms with Crippen molar-refractivity contribution in [2.75, 3.05) is 39.8 Å². The Balaban J connectivity index is 1.73. The minimum atomic E-state index is -0.0551. The number of hydrogen-bond acceptors (Lipinski definition) is 4. The first kappa shape index (κ1) is 16.2. The van der Waals surface area contributed by atoms with E-state index in [0.29, 0.717) is 31.0 Å². The summed E-state index contributed by atoms with van der Waals surface area (Å²) in [6.45, 7) is 5.25. The maximum atomic E-state index is 12.2. The molecule has 0 bridgehead atoms. The Morgan fingerprint density at radius 3 is 2.67 bits per heavy atom. The molecule has 120 valence electrons. The minimum Gasteiger partial charge on any atom is -0.352 e. The van der Waals surface area contributed by atoms with Crippen molar-refractivity contribution >= 4 is 11.8 Å². The normalized spacial score (nSPS) is 26.4. The molecule has 1 saturated heterocycles. The lowest BCUT2D eigenvalue weighted by Crippen LogP contribution is -2.48. The van der Waals surface area contributed by atoms with Crippen molar-refractivity contribution in [1.82, 2.24) is 15.1 Å². The largest absolute Gasteiger partial charge is 0.352 e. The highest BCUT2D eigenvalue weighted by molar-refractivity contribution is 5.85. The minimum absolute atomic E-state index is 0.00581. The first-order valence-electron chi connectivity index (χ1n) is 7.95. The molecular formula is C15H28N4O2. The quantitative estimate of drug-likeness (QED) is 0.701. The summed E-state index contributed by atoms with van der Waals surface area (Å²) in [5, 5.41) is 2.90. The van der Waals surface area contributed by atoms with Crippen LogP contribution in [0.3, 0.4) is 0 Å². The van der Waals surface area contributed by atoms with Gasteiger partial charge in [-0.2, -0.15) is 0 Å². The number of likely N-dealkylation sites (N-methyl/N-ethyl adjacent to an activating group) is 1. The molecule has 6 nitrogen and oxygen atoms in total. The smallest absolute Gasteiger partial charge is 0.239 e. The third-order valence-electron chi connectivity index (χ3n) is 4.61. The number of likely N-dealkylation sites (tertiary alicyclic amines) is 1. The number of hydrogen-bond donors (Lipinski definition) is 2. The lowest BCUT2D eigenvalue weighted by molar-refractivity contribution is -0.136. The number of nitrogens with zero attached hydrogens (tertiary/aromatic N) is 2. The van der Waals surface area contributed by atoms with Crippen LogP contribution in [0.2, 0.25) is 0 Å². The predicted octanol–water partition coefficient (Wildman–Crippen LogP) is -0.360. The topological polar surface area (TPSA) is 78.7 Å². The highest BCUT2D eigenvalue weighted by Crippen LogP contribution is 2.22. The third-order valence-corrected chi connectivity index (χ3v) is 4.61. The van der Waals surface area contributed by atoms with Gasteiger partial charge in [-0.15, -0.1) is 0 Å². The zero-order valence-electron chi connectivity index (χ0n) is 13.2. The molecule has 3 N–H and O–H groups in total. The summed E-state index contributed by atoms with van der Waals surface area (Å²) in [4.78, 5) is 27.6. The van der Waals surface area contributed by atoms with Crippen molar-refractivity contribution < 1.29 is 9.59 Å². The van der Waals surface area contributed by atoms with Gasteiger partial charge in [0, 0.05) is 19.6 Å². The molecule has 2 atom stereocenters. The Bertz CT molecular complexity index is 384. The van der Waals surface area contributed by atoms with Gasteiger partial charge in [-0.1, -0.05) is 6.92 Å². The summed E-state index contributed by atoms with van der Waals surface area (Å²) in [5.41, 5.74) is 5.79. The SMILES string of the molecule is CC1CCN(CC(=O)N(C)CC(=O)NC2CC2)CC1CN. The monoisotopic (exact) mass is 296 g/mol. The van der Waals surface area contributed by atoms with Gasteiger partial charge >= 0.3 is 0 Å². The molecule has 2 amide bonds. The summed E-state index contributed by atoms with van der Waals surface area (Å²) in [7, 11) is 1.70. The fourth-order valence-corrected chi connectivity index (χ4v) is 2.79. The predicted molar refractivity (Wildman–Crippen MR) is 81.6 cm³/mol. The number of nitrogens with two attached hydrogens (primary N) is 1. The van der Waals surface area contributed by atoms with E-state index in [1.54, 1.807) is 7.05 Å². The average Bonchev–Trinajstić information content (AvgIpc) is 3.24. The fraction of sp³-hybridized carbons (Fsp3) is 0.867. The van der Waals surface area contributed by atoms with E-state index in [4.69, 9.17) is 5.73 Å². The first-order chi connectivity index (χ1) is 9.99. The molecule has 1 aliphatic carbocycles. The fourth-order valence-electron chi connectivity index (χ4n) is 2.79. The van der Waals surface area contributed by atoms with Crippen LogP contribution >= 0.6 is 0 Å². The average molecular weight is 296 g/mol. The molecule has 0 spiro atoms. The Morgan fingerprint density at radius 2 is 2.05 bits per heavy atom. The Labute approximate surface area is 127 Å². The second kappa shape index (κ2) is 7.22. The summed E-state index contributed by atoms with van der Waals surface area (Å²) < 4.78 is 0. The number of rotatable bonds is 6. The van der Waals surface area contributed by atoms with E-state index in [1.165, 1.54) is 4.90 Å². The van der Waals surface area contributed by atoms with Crippen LogP contribution in [0.4, 0.5) is 0 Å². The highest BCUT2D eigenvalue weighted by Gasteiger charge is 2.28. The van der Waals surface area contributed by atoms with E-state index >= 15 is 0 Å². The van der Waals surface area contributed by atoms with Crippen LogP contribution in [0.25, 0.3) is 0 Å². The molecule has 1 heterocycles. The lowest BCUT2D eigenvalue weighted by atomic mass is 9.87. The number of carbonyl (C=O) groups excluding carboxylic acids is 2. The maximum absolute atomic E-state index is 12.2. The molecule has 0 aromatic carbocycles. The van der Waals surface area contributed by atoms with Gasteiger partial charge in [0.2, 0.25) is 11.8 Å². The standard InChI is InChI=1S/C15H28N4O2/c1-11-5-6-19(8-12(11)7-16)10-15(21)18(2)9-14(20)17-13-3-4-13/h11-13H,3-10,16H2,1-2H3,(H,17,20). The van der Waals surface area contributed by atoms with Crippen LogP contribution in [0, 0.1) is 11.8 Å². The van der Waals surface area contributed by atoms with E-state index in [-0.39, 0.29) is 18.4 Å². The van der Waals surface area contributed by atoms with Crippen LogP contribution in [0.1, 0.15) is 26.2 Å². The number of amides is 2. The van der Waals surface area contributed by atoms with Crippen LogP contribution < -0.4 is 11.1 Å². The molecule has 1 aliphatic heterocycles. The van der Waals surface area contributed by atoms with Gasteiger partial charge in [-0.3, -0.25) is 14.5 Å². The van der Waals surface area contributed by atoms with Crippen LogP contribution in [-0.4, -0.2) is 67.4 Å². The second-order valence-electron chi connectivity index (χ2n) is 6.59. The van der Waals surface area contributed by atoms with Gasteiger partial charge < -0.3 is 16.0 Å². The molecule has 2 fully saturated rings. The molecule has 0 aromatic rings. The van der Waals surface area contributed by atoms with Gasteiger partial charge in [-0.25, -0.2) is 0 Å². The Kier molecular flexibility index (Phi) is 5.58. The van der Waals surface area contributed by atoms with Crippen LogP contribution in [0.5, 0.6) is 0 Å². The molecular weight excluding hydrogens is 268 g/mol. The molecule has 2 unspecified atom stereocenters. The van der Waals surface area contributed by atoms with Crippen molar-refractivity contribution in [2.24, 2.45) is 17.6 Å². The van der Waals surface area contributed by atoms with Gasteiger partial charge in [0.05, 0.1) is 13.1 Å². The number of carbonyl (C=O) groups is 2. The van der Waals surface area contributed by atoms with Gasteiger partial charge in [-0.05, 0) is 44.2 Å². The molecule has 2 aliphatic rings. The van der Waals surface area contributed by atoms with E-state index in [2.05, 4.69) is 17.1 Å². The van der Waals surface area contributed by atoms with Crippen LogP contribution in [0.15, 0.2) is 0 Å². The molecule has 0 radical (unpaired) electrons. The Morgan fingerprint density at radius 1 is 1.33 bits per heavy atom. The number of nitrogens with one attached hydrogen (secondary N) is 1. The Hall–Kier alpha value is -1.14. The zero-order chi connectivity index (χ0) is 15.4. The van der Waals surface area contributed by atoms with Gasteiger partial charge in [0.25, 0.3) is 0 Å². The van der Waals surface area contributed by atoms with Crippen molar-refractivity contribution in [3.8, 4) is 0 Å². The number of piperidine rings is 1. The van der Waals surface area contributed by atoms with Crippen molar-refractivity contribution in [3.05, 3.63) is 0 Å². The van der Waals surface area contributed by atoms with Crippen molar-refractivity contribution in [1.29, 1.82) is 0 Å². The third kappa shape index (κ3) is 4.97. The van der Waals surface area contributed by atoms with Crippen LogP contribution in [-0.2, 0) is 9.59 Å². The maximum Gasteiger partial charge on any atom is 0.239 e. The van der Waals surface area contributed by atoms with E-state index in [0.717, 1.165) is 32.4 Å². The van der Waals surface area contributed by atoms with E-state index < -0.39 is 0 Å². The van der Waals surface area contributed by atoms with E-state index in [1.807, 2.05) is 0 Å². The van der Waals surface area contributed by atoms with Crippen molar-refractivity contribution in [3.63, 3.8) is 0 Å². The van der Waals surface area contributed by atoms with E-state index in [9.17, 15) is 9.59 Å². The second-order valence-corrected chi connectivity index (χ2v) is 6.59. The van der Waals surface area contributed by atoms with Gasteiger partial charge in [0.1, 0.15) is 0 Å². The van der Waals surface area contributed by atoms with Crippen molar-refractivity contribution in [2.45, 2.75) is 32.2 Å². The molecule has 1 saturated carbocycles. The summed E-state index contributed by atoms with van der Waals surface area (Å²) in [5.74, 6) is 1.05. The molecule has 6 heteroatoms. The molecule has 2 rings (SSSR count). The summed E-state index contributed by atoms with van der Waals surface area (Å²) in [6, 6.07) is 0.342. The van der Waals surface area contributed by atoms with Gasteiger partial charge in [0.15, 0.2) is 0 Å². The first-order valence-corrected chi connectivity index (χ1v) is 7.95. The zero-order valence-corrected chi connectivity index (χ0v) is 13.2. The highest BCUT2D eigenvalue weighted by atomic mass is 16.2.